The minimum atomic E-state index is -0.209. The van der Waals surface area contributed by atoms with E-state index in [9.17, 15) is 4.79 Å². The number of halogens is 1. The first-order valence-corrected chi connectivity index (χ1v) is 6.01. The highest BCUT2D eigenvalue weighted by molar-refractivity contribution is 9.10. The van der Waals surface area contributed by atoms with Gasteiger partial charge in [0.15, 0.2) is 5.52 Å². The zero-order valence-electron chi connectivity index (χ0n) is 8.89. The van der Waals surface area contributed by atoms with Crippen LogP contribution in [0.15, 0.2) is 15.7 Å². The molecule has 17 heavy (non-hydrogen) atoms. The Hall–Kier alpha value is -1.41. The monoisotopic (exact) mass is 299 g/mol. The van der Waals surface area contributed by atoms with Gasteiger partial charge in [-0.15, -0.1) is 0 Å². The summed E-state index contributed by atoms with van der Waals surface area (Å²) < 4.78 is 7.34. The molecule has 8 heteroatoms. The summed E-state index contributed by atoms with van der Waals surface area (Å²) in [7, 11) is 0. The van der Waals surface area contributed by atoms with E-state index >= 15 is 0 Å². The Bertz CT molecular complexity index is 601. The van der Waals surface area contributed by atoms with Crippen LogP contribution in [0.5, 0.6) is 0 Å². The van der Waals surface area contributed by atoms with Gasteiger partial charge in [0.05, 0.1) is 13.2 Å². The fourth-order valence-corrected chi connectivity index (χ4v) is 2.36. The van der Waals surface area contributed by atoms with E-state index in [2.05, 4.69) is 31.0 Å². The second-order valence-corrected chi connectivity index (χ2v) is 4.43. The van der Waals surface area contributed by atoms with Gasteiger partial charge in [0.25, 0.3) is 5.56 Å². The lowest BCUT2D eigenvalue weighted by atomic mass is 10.4. The SMILES string of the molecule is O=c1[nH]cnn2c(N3CCOCC3)nc(Br)c12. The number of fused-ring (bicyclic) bond motifs is 1. The van der Waals surface area contributed by atoms with Crippen molar-refractivity contribution in [3.05, 3.63) is 21.3 Å². The van der Waals surface area contributed by atoms with E-state index in [1.54, 1.807) is 4.52 Å². The highest BCUT2D eigenvalue weighted by Crippen LogP contribution is 2.21. The average Bonchev–Trinajstić information content (AvgIpc) is 2.69. The summed E-state index contributed by atoms with van der Waals surface area (Å²) in [6.45, 7) is 2.82. The summed E-state index contributed by atoms with van der Waals surface area (Å²) in [5.74, 6) is 0.668. The minimum Gasteiger partial charge on any atom is -0.378 e. The van der Waals surface area contributed by atoms with Crippen LogP contribution in [-0.2, 0) is 4.74 Å². The van der Waals surface area contributed by atoms with Crippen LogP contribution in [0.4, 0.5) is 5.95 Å². The summed E-state index contributed by atoms with van der Waals surface area (Å²) in [4.78, 5) is 20.6. The molecule has 0 aromatic carbocycles. The normalized spacial score (nSPS) is 16.6. The Balaban J connectivity index is 2.17. The number of nitrogens with zero attached hydrogens (tertiary/aromatic N) is 4. The lowest BCUT2D eigenvalue weighted by Crippen LogP contribution is -2.37. The Labute approximate surface area is 105 Å². The lowest BCUT2D eigenvalue weighted by molar-refractivity contribution is 0.122. The summed E-state index contributed by atoms with van der Waals surface area (Å²) >= 11 is 3.29. The maximum absolute atomic E-state index is 11.7. The van der Waals surface area contributed by atoms with Gasteiger partial charge < -0.3 is 14.6 Å². The van der Waals surface area contributed by atoms with E-state index in [1.807, 2.05) is 4.90 Å². The van der Waals surface area contributed by atoms with E-state index in [4.69, 9.17) is 4.74 Å². The van der Waals surface area contributed by atoms with Gasteiger partial charge in [-0.1, -0.05) is 0 Å². The number of ether oxygens (including phenoxy) is 1. The number of imidazole rings is 1. The average molecular weight is 300 g/mol. The molecule has 0 spiro atoms. The van der Waals surface area contributed by atoms with Crippen molar-refractivity contribution in [1.29, 1.82) is 0 Å². The molecule has 0 aliphatic carbocycles. The van der Waals surface area contributed by atoms with Crippen LogP contribution in [0.25, 0.3) is 5.52 Å². The summed E-state index contributed by atoms with van der Waals surface area (Å²) in [6.07, 6.45) is 1.37. The number of H-pyrrole nitrogens is 1. The second-order valence-electron chi connectivity index (χ2n) is 3.68. The van der Waals surface area contributed by atoms with Crippen molar-refractivity contribution in [1.82, 2.24) is 19.6 Å². The Morgan fingerprint density at radius 1 is 1.41 bits per heavy atom. The molecule has 0 amide bonds. The Morgan fingerprint density at radius 2 is 2.18 bits per heavy atom. The van der Waals surface area contributed by atoms with Crippen molar-refractivity contribution in [2.45, 2.75) is 0 Å². The number of anilines is 1. The molecular weight excluding hydrogens is 290 g/mol. The molecule has 2 aromatic heterocycles. The third-order valence-corrected chi connectivity index (χ3v) is 3.23. The molecule has 3 heterocycles. The number of hydrogen-bond donors (Lipinski definition) is 1. The molecule has 2 aromatic rings. The van der Waals surface area contributed by atoms with Crippen LogP contribution in [0.3, 0.4) is 0 Å². The zero-order chi connectivity index (χ0) is 11.8. The van der Waals surface area contributed by atoms with Crippen molar-refractivity contribution >= 4 is 27.4 Å². The molecule has 0 saturated carbocycles. The van der Waals surface area contributed by atoms with Gasteiger partial charge in [0, 0.05) is 13.1 Å². The molecular formula is C9H10BrN5O2. The van der Waals surface area contributed by atoms with Crippen LogP contribution in [0, 0.1) is 0 Å². The topological polar surface area (TPSA) is 75.5 Å². The molecule has 0 bridgehead atoms. The highest BCUT2D eigenvalue weighted by Gasteiger charge is 2.20. The molecule has 1 N–H and O–H groups in total. The van der Waals surface area contributed by atoms with Crippen molar-refractivity contribution < 1.29 is 4.74 Å². The van der Waals surface area contributed by atoms with Crippen LogP contribution in [0.1, 0.15) is 0 Å². The molecule has 1 aliphatic rings. The zero-order valence-corrected chi connectivity index (χ0v) is 10.5. The molecule has 0 radical (unpaired) electrons. The smallest absolute Gasteiger partial charge is 0.278 e. The molecule has 1 aliphatic heterocycles. The third-order valence-electron chi connectivity index (χ3n) is 2.67. The first-order chi connectivity index (χ1) is 8.27. The molecule has 1 fully saturated rings. The van der Waals surface area contributed by atoms with Gasteiger partial charge in [0.2, 0.25) is 5.95 Å². The van der Waals surface area contributed by atoms with Crippen molar-refractivity contribution in [3.8, 4) is 0 Å². The van der Waals surface area contributed by atoms with Crippen molar-refractivity contribution in [3.63, 3.8) is 0 Å². The largest absolute Gasteiger partial charge is 0.378 e. The molecule has 0 unspecified atom stereocenters. The number of hydrogen-bond acceptors (Lipinski definition) is 5. The van der Waals surface area contributed by atoms with Crippen LogP contribution < -0.4 is 10.5 Å². The fraction of sp³-hybridized carbons (Fsp3) is 0.444. The van der Waals surface area contributed by atoms with Gasteiger partial charge in [-0.25, -0.2) is 4.98 Å². The predicted molar refractivity (Wildman–Crippen MR) is 64.3 cm³/mol. The number of rotatable bonds is 1. The standard InChI is InChI=1S/C9H10BrN5O2/c10-7-6-8(16)11-5-12-15(6)9(13-7)14-1-3-17-4-2-14/h5H,1-4H2,(H,11,12,16). The van der Waals surface area contributed by atoms with Gasteiger partial charge in [-0.2, -0.15) is 9.61 Å². The maximum atomic E-state index is 11.7. The minimum absolute atomic E-state index is 0.209. The number of aromatic nitrogens is 4. The molecule has 7 nitrogen and oxygen atoms in total. The molecule has 0 atom stereocenters. The predicted octanol–water partition coefficient (Wildman–Crippen LogP) is 0.0167. The summed E-state index contributed by atoms with van der Waals surface area (Å²) in [6, 6.07) is 0. The maximum Gasteiger partial charge on any atom is 0.278 e. The first-order valence-electron chi connectivity index (χ1n) is 5.22. The third kappa shape index (κ3) is 1.73. The number of morpholine rings is 1. The number of aromatic amines is 1. The van der Waals surface area contributed by atoms with Crippen LogP contribution in [-0.4, -0.2) is 45.9 Å². The fourth-order valence-electron chi connectivity index (χ4n) is 1.86. The Morgan fingerprint density at radius 3 is 2.94 bits per heavy atom. The quantitative estimate of drug-likeness (QED) is 0.803. The van der Waals surface area contributed by atoms with Gasteiger partial charge >= 0.3 is 0 Å². The van der Waals surface area contributed by atoms with E-state index in [0.29, 0.717) is 29.3 Å². The van der Waals surface area contributed by atoms with Gasteiger partial charge in [-0.3, -0.25) is 4.79 Å². The van der Waals surface area contributed by atoms with Gasteiger partial charge in [0.1, 0.15) is 10.9 Å². The summed E-state index contributed by atoms with van der Waals surface area (Å²) in [5, 5.41) is 4.12. The summed E-state index contributed by atoms with van der Waals surface area (Å²) in [5.41, 5.74) is 0.216. The first kappa shape index (κ1) is 10.7. The van der Waals surface area contributed by atoms with E-state index in [1.165, 1.54) is 6.33 Å². The Kier molecular flexibility index (Phi) is 2.60. The molecule has 1 saturated heterocycles. The van der Waals surface area contributed by atoms with Crippen LogP contribution >= 0.6 is 15.9 Å². The van der Waals surface area contributed by atoms with Gasteiger partial charge in [-0.05, 0) is 15.9 Å². The highest BCUT2D eigenvalue weighted by atomic mass is 79.9. The van der Waals surface area contributed by atoms with E-state index in [-0.39, 0.29) is 5.56 Å². The molecule has 3 rings (SSSR count). The lowest BCUT2D eigenvalue weighted by Gasteiger charge is -2.26. The van der Waals surface area contributed by atoms with E-state index in [0.717, 1.165) is 13.1 Å². The second kappa shape index (κ2) is 4.11. The van der Waals surface area contributed by atoms with Crippen molar-refractivity contribution in [2.75, 3.05) is 31.2 Å². The molecule has 90 valence electrons. The van der Waals surface area contributed by atoms with E-state index < -0.39 is 0 Å². The van der Waals surface area contributed by atoms with Crippen LogP contribution in [0.2, 0.25) is 0 Å². The number of nitrogens with one attached hydrogen (secondary N) is 1. The van der Waals surface area contributed by atoms with Crippen molar-refractivity contribution in [2.24, 2.45) is 0 Å².